The molecule has 1 aliphatic carbocycles. The van der Waals surface area contributed by atoms with E-state index in [-0.39, 0.29) is 24.5 Å². The fourth-order valence-electron chi connectivity index (χ4n) is 3.02. The zero-order chi connectivity index (χ0) is 16.0. The highest BCUT2D eigenvalue weighted by molar-refractivity contribution is 5.76. The highest BCUT2D eigenvalue weighted by atomic mass is 16.4. The molecule has 0 atom stereocenters. The van der Waals surface area contributed by atoms with Gasteiger partial charge in [-0.15, -0.1) is 0 Å². The van der Waals surface area contributed by atoms with E-state index in [1.54, 1.807) is 4.90 Å². The highest BCUT2D eigenvalue weighted by Crippen LogP contribution is 2.25. The van der Waals surface area contributed by atoms with E-state index in [0.29, 0.717) is 12.6 Å². The lowest BCUT2D eigenvalue weighted by Gasteiger charge is -2.42. The lowest BCUT2D eigenvalue weighted by Crippen LogP contribution is -2.55. The van der Waals surface area contributed by atoms with Gasteiger partial charge in [-0.3, -0.25) is 4.79 Å². The SMILES string of the molecule is CCN(C(=O)N(CCC(=O)O)C(C)(C)C)C1CCCCC1. The van der Waals surface area contributed by atoms with Crippen LogP contribution in [0.2, 0.25) is 0 Å². The van der Waals surface area contributed by atoms with Gasteiger partial charge in [-0.05, 0) is 40.5 Å². The van der Waals surface area contributed by atoms with Crippen LogP contribution in [0.25, 0.3) is 0 Å². The quantitative estimate of drug-likeness (QED) is 0.847. The van der Waals surface area contributed by atoms with E-state index in [1.807, 2.05) is 32.6 Å². The van der Waals surface area contributed by atoms with Crippen LogP contribution in [-0.2, 0) is 4.79 Å². The molecule has 0 heterocycles. The van der Waals surface area contributed by atoms with Gasteiger partial charge in [-0.25, -0.2) is 4.79 Å². The fraction of sp³-hybridized carbons (Fsp3) is 0.875. The number of carbonyl (C=O) groups is 2. The molecular weight excluding hydrogens is 268 g/mol. The molecule has 21 heavy (non-hydrogen) atoms. The van der Waals surface area contributed by atoms with Gasteiger partial charge in [0, 0.05) is 24.7 Å². The van der Waals surface area contributed by atoms with Crippen molar-refractivity contribution in [1.82, 2.24) is 9.80 Å². The smallest absolute Gasteiger partial charge is 0.320 e. The van der Waals surface area contributed by atoms with Gasteiger partial charge in [-0.2, -0.15) is 0 Å². The molecule has 122 valence electrons. The Morgan fingerprint density at radius 2 is 1.71 bits per heavy atom. The number of nitrogens with zero attached hydrogens (tertiary/aromatic N) is 2. The first-order valence-electron chi connectivity index (χ1n) is 8.07. The Hall–Kier alpha value is -1.26. The molecule has 0 aromatic rings. The summed E-state index contributed by atoms with van der Waals surface area (Å²) < 4.78 is 0. The second-order valence-corrected chi connectivity index (χ2v) is 6.83. The summed E-state index contributed by atoms with van der Waals surface area (Å²) in [6.45, 7) is 8.83. The molecule has 0 aliphatic heterocycles. The maximum Gasteiger partial charge on any atom is 0.320 e. The summed E-state index contributed by atoms with van der Waals surface area (Å²) >= 11 is 0. The van der Waals surface area contributed by atoms with Crippen molar-refractivity contribution in [3.05, 3.63) is 0 Å². The molecule has 0 saturated heterocycles. The van der Waals surface area contributed by atoms with Gasteiger partial charge in [0.15, 0.2) is 0 Å². The molecule has 1 fully saturated rings. The molecule has 0 bridgehead atoms. The van der Waals surface area contributed by atoms with Gasteiger partial charge >= 0.3 is 12.0 Å². The Morgan fingerprint density at radius 3 is 2.14 bits per heavy atom. The van der Waals surface area contributed by atoms with Crippen LogP contribution in [0.1, 0.15) is 66.2 Å². The van der Waals surface area contributed by atoms with Crippen molar-refractivity contribution in [2.24, 2.45) is 0 Å². The van der Waals surface area contributed by atoms with E-state index in [4.69, 9.17) is 5.11 Å². The Morgan fingerprint density at radius 1 is 1.14 bits per heavy atom. The molecule has 2 amide bonds. The molecule has 0 aromatic heterocycles. The summed E-state index contributed by atoms with van der Waals surface area (Å²) in [4.78, 5) is 27.4. The summed E-state index contributed by atoms with van der Waals surface area (Å²) in [6.07, 6.45) is 5.74. The summed E-state index contributed by atoms with van der Waals surface area (Å²) in [7, 11) is 0. The third-order valence-electron chi connectivity index (χ3n) is 4.19. The minimum Gasteiger partial charge on any atom is -0.481 e. The van der Waals surface area contributed by atoms with E-state index < -0.39 is 5.97 Å². The Bertz CT molecular complexity index is 357. The minimum atomic E-state index is -0.863. The molecule has 1 aliphatic rings. The molecule has 5 heteroatoms. The predicted molar refractivity (Wildman–Crippen MR) is 83.4 cm³/mol. The van der Waals surface area contributed by atoms with E-state index in [9.17, 15) is 9.59 Å². The lowest BCUT2D eigenvalue weighted by atomic mass is 9.94. The summed E-state index contributed by atoms with van der Waals surface area (Å²) in [5, 5.41) is 8.90. The molecule has 0 unspecified atom stereocenters. The van der Waals surface area contributed by atoms with Gasteiger partial charge in [-0.1, -0.05) is 19.3 Å². The summed E-state index contributed by atoms with van der Waals surface area (Å²) in [6, 6.07) is 0.295. The van der Waals surface area contributed by atoms with Gasteiger partial charge < -0.3 is 14.9 Å². The zero-order valence-corrected chi connectivity index (χ0v) is 13.9. The molecule has 0 radical (unpaired) electrons. The van der Waals surface area contributed by atoms with Crippen LogP contribution in [-0.4, -0.2) is 51.6 Å². The minimum absolute atomic E-state index is 0.00870. The summed E-state index contributed by atoms with van der Waals surface area (Å²) in [5.74, 6) is -0.863. The van der Waals surface area contributed by atoms with Crippen LogP contribution < -0.4 is 0 Å². The van der Waals surface area contributed by atoms with Crippen LogP contribution in [0, 0.1) is 0 Å². The standard InChI is InChI=1S/C16H30N2O3/c1-5-17(13-9-7-6-8-10-13)15(21)18(16(2,3)4)12-11-14(19)20/h13H,5-12H2,1-4H3,(H,19,20). The topological polar surface area (TPSA) is 60.9 Å². The normalized spacial score (nSPS) is 16.6. The van der Waals surface area contributed by atoms with Crippen molar-refractivity contribution >= 4 is 12.0 Å². The maximum absolute atomic E-state index is 12.9. The van der Waals surface area contributed by atoms with E-state index in [1.165, 1.54) is 19.3 Å². The maximum atomic E-state index is 12.9. The number of carboxylic acids is 1. The molecule has 5 nitrogen and oxygen atoms in total. The van der Waals surface area contributed by atoms with Gasteiger partial charge in [0.05, 0.1) is 6.42 Å². The molecule has 0 aromatic carbocycles. The van der Waals surface area contributed by atoms with Gasteiger partial charge in [0.25, 0.3) is 0 Å². The van der Waals surface area contributed by atoms with Crippen LogP contribution in [0.4, 0.5) is 4.79 Å². The number of carboxylic acid groups (broad SMARTS) is 1. The van der Waals surface area contributed by atoms with Crippen molar-refractivity contribution in [1.29, 1.82) is 0 Å². The first kappa shape index (κ1) is 17.8. The lowest BCUT2D eigenvalue weighted by molar-refractivity contribution is -0.137. The first-order chi connectivity index (χ1) is 9.77. The number of hydrogen-bond acceptors (Lipinski definition) is 2. The third-order valence-corrected chi connectivity index (χ3v) is 4.19. The van der Waals surface area contributed by atoms with Crippen molar-refractivity contribution in [3.8, 4) is 0 Å². The number of carbonyl (C=O) groups excluding carboxylic acids is 1. The number of aliphatic carboxylic acids is 1. The molecule has 1 saturated carbocycles. The molecule has 1 N–H and O–H groups in total. The van der Waals surface area contributed by atoms with Gasteiger partial charge in [0.1, 0.15) is 0 Å². The van der Waals surface area contributed by atoms with E-state index in [2.05, 4.69) is 0 Å². The van der Waals surface area contributed by atoms with Crippen molar-refractivity contribution < 1.29 is 14.7 Å². The van der Waals surface area contributed by atoms with Crippen molar-refractivity contribution in [3.63, 3.8) is 0 Å². The van der Waals surface area contributed by atoms with Crippen molar-refractivity contribution in [2.45, 2.75) is 77.8 Å². The van der Waals surface area contributed by atoms with Gasteiger partial charge in [0.2, 0.25) is 0 Å². The zero-order valence-electron chi connectivity index (χ0n) is 13.9. The number of urea groups is 1. The van der Waals surface area contributed by atoms with Crippen LogP contribution >= 0.6 is 0 Å². The average molecular weight is 298 g/mol. The van der Waals surface area contributed by atoms with Crippen molar-refractivity contribution in [2.75, 3.05) is 13.1 Å². The fourth-order valence-corrected chi connectivity index (χ4v) is 3.02. The Kier molecular flexibility index (Phi) is 6.49. The van der Waals surface area contributed by atoms with Crippen LogP contribution in [0.5, 0.6) is 0 Å². The molecule has 0 spiro atoms. The number of hydrogen-bond donors (Lipinski definition) is 1. The highest BCUT2D eigenvalue weighted by Gasteiger charge is 2.33. The summed E-state index contributed by atoms with van der Waals surface area (Å²) in [5.41, 5.74) is -0.366. The van der Waals surface area contributed by atoms with E-state index >= 15 is 0 Å². The van der Waals surface area contributed by atoms with Crippen LogP contribution in [0.15, 0.2) is 0 Å². The third kappa shape index (κ3) is 5.21. The molecule has 1 rings (SSSR count). The average Bonchev–Trinajstić information content (AvgIpc) is 2.39. The Labute approximate surface area is 128 Å². The second-order valence-electron chi connectivity index (χ2n) is 6.83. The van der Waals surface area contributed by atoms with E-state index in [0.717, 1.165) is 12.8 Å². The van der Waals surface area contributed by atoms with Crippen LogP contribution in [0.3, 0.4) is 0 Å². The number of amides is 2. The predicted octanol–water partition coefficient (Wildman–Crippen LogP) is 3.34. The second kappa shape index (κ2) is 7.66. The number of rotatable bonds is 5. The molecular formula is C16H30N2O3. The first-order valence-corrected chi connectivity index (χ1v) is 8.07. The Balaban J connectivity index is 2.82. The monoisotopic (exact) mass is 298 g/mol. The largest absolute Gasteiger partial charge is 0.481 e.